The van der Waals surface area contributed by atoms with Gasteiger partial charge in [0.2, 0.25) is 10.0 Å². The van der Waals surface area contributed by atoms with Crippen LogP contribution in [0.5, 0.6) is 0 Å². The van der Waals surface area contributed by atoms with Crippen LogP contribution in [0.3, 0.4) is 0 Å². The molecule has 0 atom stereocenters. The Morgan fingerprint density at radius 1 is 0.933 bits per heavy atom. The van der Waals surface area contributed by atoms with Crippen molar-refractivity contribution >= 4 is 27.3 Å². The number of benzene rings is 2. The monoisotopic (exact) mass is 431 g/mol. The van der Waals surface area contributed by atoms with E-state index in [4.69, 9.17) is 0 Å². The first-order chi connectivity index (χ1) is 14.3. The molecule has 0 aliphatic carbocycles. The molecular weight excluding hydrogens is 405 g/mol. The van der Waals surface area contributed by atoms with Gasteiger partial charge in [-0.1, -0.05) is 6.07 Å². The molecule has 8 heteroatoms. The standard InChI is InChI=1S/C22H26FN3O3S/c1-17-4-5-18(16-21(17)26-10-2-3-15-30(26,28)29)22(27)25-13-11-24(12-14-25)20-8-6-19(23)7-9-20/h4-9,16H,2-3,10-15H2,1H3. The lowest BCUT2D eigenvalue weighted by atomic mass is 10.1. The van der Waals surface area contributed by atoms with Gasteiger partial charge in [0.1, 0.15) is 5.82 Å². The van der Waals surface area contributed by atoms with Gasteiger partial charge in [-0.15, -0.1) is 0 Å². The minimum Gasteiger partial charge on any atom is -0.368 e. The molecule has 2 aromatic carbocycles. The molecule has 0 unspecified atom stereocenters. The van der Waals surface area contributed by atoms with Crippen LogP contribution < -0.4 is 9.21 Å². The number of rotatable bonds is 3. The number of amides is 1. The maximum atomic E-state index is 13.1. The van der Waals surface area contributed by atoms with E-state index in [1.165, 1.54) is 16.4 Å². The molecule has 0 spiro atoms. The summed E-state index contributed by atoms with van der Waals surface area (Å²) in [4.78, 5) is 17.0. The Hall–Kier alpha value is -2.61. The van der Waals surface area contributed by atoms with E-state index in [0.29, 0.717) is 50.4 Å². The van der Waals surface area contributed by atoms with E-state index in [9.17, 15) is 17.6 Å². The van der Waals surface area contributed by atoms with Crippen LogP contribution in [0.2, 0.25) is 0 Å². The summed E-state index contributed by atoms with van der Waals surface area (Å²) in [6.07, 6.45) is 1.50. The van der Waals surface area contributed by atoms with Crippen molar-refractivity contribution in [1.29, 1.82) is 0 Å². The molecule has 160 valence electrons. The average molecular weight is 432 g/mol. The lowest BCUT2D eigenvalue weighted by molar-refractivity contribution is 0.0747. The fraction of sp³-hybridized carbons (Fsp3) is 0.409. The zero-order chi connectivity index (χ0) is 21.3. The van der Waals surface area contributed by atoms with E-state index in [0.717, 1.165) is 17.7 Å². The summed E-state index contributed by atoms with van der Waals surface area (Å²) in [5.41, 5.74) is 2.90. The molecule has 0 saturated carbocycles. The Bertz CT molecular complexity index is 1030. The highest BCUT2D eigenvalue weighted by Crippen LogP contribution is 2.28. The van der Waals surface area contributed by atoms with Gasteiger partial charge in [0.15, 0.2) is 0 Å². The molecule has 2 aromatic rings. The fourth-order valence-corrected chi connectivity index (χ4v) is 5.77. The van der Waals surface area contributed by atoms with Crippen LogP contribution in [0.15, 0.2) is 42.5 Å². The first-order valence-corrected chi connectivity index (χ1v) is 11.9. The summed E-state index contributed by atoms with van der Waals surface area (Å²) >= 11 is 0. The number of hydrogen-bond donors (Lipinski definition) is 0. The average Bonchev–Trinajstić information content (AvgIpc) is 2.74. The van der Waals surface area contributed by atoms with E-state index in [-0.39, 0.29) is 17.5 Å². The predicted octanol–water partition coefficient (Wildman–Crippen LogP) is 3.03. The van der Waals surface area contributed by atoms with E-state index < -0.39 is 10.0 Å². The van der Waals surface area contributed by atoms with Gasteiger partial charge < -0.3 is 9.80 Å². The number of hydrogen-bond acceptors (Lipinski definition) is 4. The lowest BCUT2D eigenvalue weighted by Crippen LogP contribution is -2.48. The van der Waals surface area contributed by atoms with Crippen LogP contribution in [-0.2, 0) is 10.0 Å². The van der Waals surface area contributed by atoms with Crippen LogP contribution in [-0.4, -0.2) is 57.7 Å². The molecule has 4 rings (SSSR count). The third-order valence-corrected chi connectivity index (χ3v) is 7.69. The van der Waals surface area contributed by atoms with E-state index in [1.807, 2.05) is 13.0 Å². The highest BCUT2D eigenvalue weighted by atomic mass is 32.2. The number of piperazine rings is 1. The van der Waals surface area contributed by atoms with E-state index in [1.54, 1.807) is 29.2 Å². The molecular formula is C22H26FN3O3S. The van der Waals surface area contributed by atoms with E-state index in [2.05, 4.69) is 4.90 Å². The van der Waals surface area contributed by atoms with E-state index >= 15 is 0 Å². The Labute approximate surface area is 176 Å². The molecule has 2 saturated heterocycles. The second-order valence-electron chi connectivity index (χ2n) is 7.85. The molecule has 0 bridgehead atoms. The number of nitrogens with zero attached hydrogens (tertiary/aromatic N) is 3. The normalized spacial score (nSPS) is 19.1. The summed E-state index contributed by atoms with van der Waals surface area (Å²) < 4.78 is 39.6. The van der Waals surface area contributed by atoms with Crippen molar-refractivity contribution in [2.45, 2.75) is 19.8 Å². The van der Waals surface area contributed by atoms with Crippen LogP contribution in [0.1, 0.15) is 28.8 Å². The van der Waals surface area contributed by atoms with Crippen LogP contribution in [0.25, 0.3) is 0 Å². The zero-order valence-electron chi connectivity index (χ0n) is 17.1. The number of carbonyl (C=O) groups is 1. The van der Waals surface area contributed by atoms with Gasteiger partial charge in [-0.05, 0) is 61.7 Å². The first-order valence-electron chi connectivity index (χ1n) is 10.3. The quantitative estimate of drug-likeness (QED) is 0.750. The Balaban J connectivity index is 1.48. The van der Waals surface area contributed by atoms with Crippen molar-refractivity contribution < 1.29 is 17.6 Å². The third-order valence-electron chi connectivity index (χ3n) is 5.83. The highest BCUT2D eigenvalue weighted by molar-refractivity contribution is 7.92. The molecule has 2 fully saturated rings. The molecule has 1 amide bonds. The third kappa shape index (κ3) is 4.14. The van der Waals surface area contributed by atoms with Crippen molar-refractivity contribution in [2.75, 3.05) is 47.7 Å². The number of anilines is 2. The zero-order valence-corrected chi connectivity index (χ0v) is 17.9. The lowest BCUT2D eigenvalue weighted by Gasteiger charge is -2.36. The topological polar surface area (TPSA) is 60.9 Å². The summed E-state index contributed by atoms with van der Waals surface area (Å²) in [5.74, 6) is -0.210. The molecule has 2 aliphatic heterocycles. The number of sulfonamides is 1. The SMILES string of the molecule is Cc1ccc(C(=O)N2CCN(c3ccc(F)cc3)CC2)cc1N1CCCCS1(=O)=O. The van der Waals surface area contributed by atoms with Crippen LogP contribution in [0.4, 0.5) is 15.8 Å². The van der Waals surface area contributed by atoms with Gasteiger partial charge >= 0.3 is 0 Å². The van der Waals surface area contributed by atoms with Crippen LogP contribution in [0, 0.1) is 12.7 Å². The van der Waals surface area contributed by atoms with Gasteiger partial charge in [0.25, 0.3) is 5.91 Å². The predicted molar refractivity (Wildman–Crippen MR) is 116 cm³/mol. The first kappa shape index (κ1) is 20.7. The van der Waals surface area contributed by atoms with Gasteiger partial charge in [0.05, 0.1) is 11.4 Å². The molecule has 6 nitrogen and oxygen atoms in total. The second-order valence-corrected chi connectivity index (χ2v) is 9.87. The molecule has 0 aromatic heterocycles. The molecule has 30 heavy (non-hydrogen) atoms. The molecule has 0 N–H and O–H groups in total. The summed E-state index contributed by atoms with van der Waals surface area (Å²) in [5, 5.41) is 0. The van der Waals surface area contributed by atoms with Gasteiger partial charge in [-0.3, -0.25) is 9.10 Å². The molecule has 2 heterocycles. The Morgan fingerprint density at radius 3 is 2.30 bits per heavy atom. The Kier molecular flexibility index (Phi) is 5.69. The summed E-state index contributed by atoms with van der Waals surface area (Å²) in [6.45, 7) is 4.77. The van der Waals surface area contributed by atoms with Gasteiger partial charge in [-0.25, -0.2) is 12.8 Å². The maximum Gasteiger partial charge on any atom is 0.254 e. The minimum absolute atomic E-state index is 0.0931. The second kappa shape index (κ2) is 8.26. The van der Waals surface area contributed by atoms with Crippen molar-refractivity contribution in [3.63, 3.8) is 0 Å². The number of aryl methyl sites for hydroxylation is 1. The minimum atomic E-state index is -3.33. The number of carbonyl (C=O) groups excluding carboxylic acids is 1. The van der Waals surface area contributed by atoms with Crippen molar-refractivity contribution in [3.05, 3.63) is 59.4 Å². The van der Waals surface area contributed by atoms with Gasteiger partial charge in [0, 0.05) is 44.0 Å². The van der Waals surface area contributed by atoms with Gasteiger partial charge in [-0.2, -0.15) is 0 Å². The largest absolute Gasteiger partial charge is 0.368 e. The molecule has 2 aliphatic rings. The van der Waals surface area contributed by atoms with Crippen LogP contribution >= 0.6 is 0 Å². The molecule has 0 radical (unpaired) electrons. The van der Waals surface area contributed by atoms with Crippen molar-refractivity contribution in [2.24, 2.45) is 0 Å². The fourth-order valence-electron chi connectivity index (χ4n) is 4.07. The maximum absolute atomic E-state index is 13.1. The summed E-state index contributed by atoms with van der Waals surface area (Å²) in [7, 11) is -3.33. The Morgan fingerprint density at radius 2 is 1.63 bits per heavy atom. The van der Waals surface area contributed by atoms with Crippen molar-refractivity contribution in [3.8, 4) is 0 Å². The smallest absolute Gasteiger partial charge is 0.254 e. The summed E-state index contributed by atoms with van der Waals surface area (Å²) in [6, 6.07) is 11.7. The van der Waals surface area contributed by atoms with Crippen molar-refractivity contribution in [1.82, 2.24) is 4.90 Å². The highest BCUT2D eigenvalue weighted by Gasteiger charge is 2.29. The number of halogens is 1.